The largest absolute Gasteiger partial charge is 0.481 e. The number of hydrogen-bond acceptors (Lipinski definition) is 3. The van der Waals surface area contributed by atoms with Gasteiger partial charge in [0.15, 0.2) is 0 Å². The van der Waals surface area contributed by atoms with Crippen LogP contribution in [0, 0.1) is 12.8 Å². The molecule has 6 nitrogen and oxygen atoms in total. The third-order valence-electron chi connectivity index (χ3n) is 4.14. The first-order chi connectivity index (χ1) is 10.9. The molecular formula is C17H22N2O4. The molecule has 1 aromatic carbocycles. The highest BCUT2D eigenvalue weighted by Crippen LogP contribution is 2.26. The van der Waals surface area contributed by atoms with Crippen molar-refractivity contribution in [2.24, 2.45) is 5.92 Å². The maximum atomic E-state index is 12.6. The van der Waals surface area contributed by atoms with Crippen molar-refractivity contribution >= 4 is 23.5 Å². The molecule has 1 saturated heterocycles. The van der Waals surface area contributed by atoms with E-state index in [-0.39, 0.29) is 24.8 Å². The van der Waals surface area contributed by atoms with Crippen LogP contribution in [0.15, 0.2) is 24.3 Å². The molecule has 1 N–H and O–H groups in total. The fourth-order valence-corrected chi connectivity index (χ4v) is 2.77. The maximum Gasteiger partial charge on any atom is 0.305 e. The van der Waals surface area contributed by atoms with Gasteiger partial charge in [-0.3, -0.25) is 14.4 Å². The van der Waals surface area contributed by atoms with Crippen LogP contribution in [0.1, 0.15) is 25.3 Å². The van der Waals surface area contributed by atoms with Crippen LogP contribution in [0.2, 0.25) is 0 Å². The molecule has 1 aliphatic rings. The van der Waals surface area contributed by atoms with Crippen LogP contribution in [0.3, 0.4) is 0 Å². The van der Waals surface area contributed by atoms with Crippen molar-refractivity contribution < 1.29 is 19.5 Å². The number of carbonyl (C=O) groups is 3. The first-order valence-electron chi connectivity index (χ1n) is 7.82. The summed E-state index contributed by atoms with van der Waals surface area (Å²) in [6.45, 7) is 4.81. The Morgan fingerprint density at radius 2 is 1.96 bits per heavy atom. The Bertz CT molecular complexity index is 597. The highest BCUT2D eigenvalue weighted by Gasteiger charge is 2.39. The molecule has 1 aromatic rings. The molecule has 6 heteroatoms. The number of carboxylic acids is 1. The van der Waals surface area contributed by atoms with Gasteiger partial charge in [0.2, 0.25) is 11.8 Å². The fourth-order valence-electron chi connectivity index (χ4n) is 2.77. The first kappa shape index (κ1) is 17.0. The number of rotatable bonds is 6. The van der Waals surface area contributed by atoms with Crippen molar-refractivity contribution in [2.75, 3.05) is 24.5 Å². The van der Waals surface area contributed by atoms with Crippen LogP contribution in [0.25, 0.3) is 0 Å². The molecule has 2 rings (SSSR count). The third kappa shape index (κ3) is 3.88. The van der Waals surface area contributed by atoms with E-state index in [0.717, 1.165) is 11.3 Å². The van der Waals surface area contributed by atoms with Crippen LogP contribution >= 0.6 is 0 Å². The van der Waals surface area contributed by atoms with E-state index in [0.29, 0.717) is 19.5 Å². The third-order valence-corrected chi connectivity index (χ3v) is 4.14. The second kappa shape index (κ2) is 7.26. The van der Waals surface area contributed by atoms with Crippen LogP contribution in [-0.2, 0) is 14.4 Å². The molecule has 1 atom stereocenters. The number of carboxylic acid groups (broad SMARTS) is 1. The summed E-state index contributed by atoms with van der Waals surface area (Å²) in [4.78, 5) is 38.8. The van der Waals surface area contributed by atoms with Gasteiger partial charge in [0.05, 0.1) is 6.42 Å². The summed E-state index contributed by atoms with van der Waals surface area (Å²) in [6.07, 6.45) is 0.358. The van der Waals surface area contributed by atoms with E-state index in [1.807, 2.05) is 31.2 Å². The molecule has 0 aliphatic carbocycles. The highest BCUT2D eigenvalue weighted by molar-refractivity contribution is 6.09. The van der Waals surface area contributed by atoms with E-state index >= 15 is 0 Å². The summed E-state index contributed by atoms with van der Waals surface area (Å²) >= 11 is 0. The van der Waals surface area contributed by atoms with Gasteiger partial charge in [0.1, 0.15) is 5.92 Å². The second-order valence-corrected chi connectivity index (χ2v) is 5.73. The van der Waals surface area contributed by atoms with Crippen molar-refractivity contribution in [1.29, 1.82) is 0 Å². The number of aliphatic carboxylic acids is 1. The van der Waals surface area contributed by atoms with Crippen molar-refractivity contribution in [2.45, 2.75) is 26.7 Å². The van der Waals surface area contributed by atoms with Gasteiger partial charge in [0, 0.05) is 25.3 Å². The minimum atomic E-state index is -0.949. The summed E-state index contributed by atoms with van der Waals surface area (Å²) in [5, 5.41) is 8.76. The summed E-state index contributed by atoms with van der Waals surface area (Å²) in [5.74, 6) is -2.12. The standard InChI is InChI=1S/C17H22N2O4/c1-3-18(10-9-15(20)21)16(22)14-8-11-19(17(14)23)13-6-4-12(2)5-7-13/h4-7,14H,3,8-11H2,1-2H3,(H,20,21). The fraction of sp³-hybridized carbons (Fsp3) is 0.471. The SMILES string of the molecule is CCN(CCC(=O)O)C(=O)C1CCN(c2ccc(C)cc2)C1=O. The van der Waals surface area contributed by atoms with E-state index in [4.69, 9.17) is 5.11 Å². The maximum absolute atomic E-state index is 12.6. The number of hydrogen-bond donors (Lipinski definition) is 1. The molecule has 0 saturated carbocycles. The van der Waals surface area contributed by atoms with Crippen molar-refractivity contribution in [1.82, 2.24) is 4.90 Å². The number of amides is 2. The number of benzene rings is 1. The molecule has 1 aliphatic heterocycles. The van der Waals surface area contributed by atoms with E-state index < -0.39 is 11.9 Å². The topological polar surface area (TPSA) is 77.9 Å². The van der Waals surface area contributed by atoms with Crippen LogP contribution in [0.5, 0.6) is 0 Å². The molecule has 1 unspecified atom stereocenters. The molecule has 0 spiro atoms. The second-order valence-electron chi connectivity index (χ2n) is 5.73. The number of carbonyl (C=O) groups excluding carboxylic acids is 2. The normalized spacial score (nSPS) is 17.4. The molecule has 1 fully saturated rings. The summed E-state index contributed by atoms with van der Waals surface area (Å²) in [7, 11) is 0. The van der Waals surface area contributed by atoms with Crippen LogP contribution < -0.4 is 4.90 Å². The number of anilines is 1. The Hall–Kier alpha value is -2.37. The minimum Gasteiger partial charge on any atom is -0.481 e. The minimum absolute atomic E-state index is 0.109. The molecule has 1 heterocycles. The zero-order chi connectivity index (χ0) is 17.0. The molecule has 2 amide bonds. The van der Waals surface area contributed by atoms with Crippen molar-refractivity contribution in [3.63, 3.8) is 0 Å². The average molecular weight is 318 g/mol. The van der Waals surface area contributed by atoms with Gasteiger partial charge in [-0.1, -0.05) is 17.7 Å². The van der Waals surface area contributed by atoms with Crippen molar-refractivity contribution in [3.05, 3.63) is 29.8 Å². The Labute approximate surface area is 135 Å². The van der Waals surface area contributed by atoms with E-state index in [1.54, 1.807) is 11.8 Å². The lowest BCUT2D eigenvalue weighted by Crippen LogP contribution is -2.41. The Morgan fingerprint density at radius 3 is 2.52 bits per heavy atom. The molecule has 124 valence electrons. The number of nitrogens with zero attached hydrogens (tertiary/aromatic N) is 2. The molecule has 23 heavy (non-hydrogen) atoms. The van der Waals surface area contributed by atoms with Crippen LogP contribution in [-0.4, -0.2) is 47.4 Å². The molecular weight excluding hydrogens is 296 g/mol. The summed E-state index contributed by atoms with van der Waals surface area (Å²) < 4.78 is 0. The lowest BCUT2D eigenvalue weighted by atomic mass is 10.1. The predicted octanol–water partition coefficient (Wildman–Crippen LogP) is 1.67. The van der Waals surface area contributed by atoms with Gasteiger partial charge >= 0.3 is 5.97 Å². The zero-order valence-electron chi connectivity index (χ0n) is 13.5. The smallest absolute Gasteiger partial charge is 0.305 e. The van der Waals surface area contributed by atoms with Gasteiger partial charge in [0.25, 0.3) is 0 Å². The lowest BCUT2D eigenvalue weighted by molar-refractivity contribution is -0.141. The first-order valence-corrected chi connectivity index (χ1v) is 7.82. The Kier molecular flexibility index (Phi) is 5.36. The summed E-state index contributed by atoms with van der Waals surface area (Å²) in [5.41, 5.74) is 1.91. The summed E-state index contributed by atoms with van der Waals surface area (Å²) in [6, 6.07) is 7.62. The molecule has 0 radical (unpaired) electrons. The van der Waals surface area contributed by atoms with Crippen LogP contribution in [0.4, 0.5) is 5.69 Å². The average Bonchev–Trinajstić information content (AvgIpc) is 2.90. The lowest BCUT2D eigenvalue weighted by Gasteiger charge is -2.23. The van der Waals surface area contributed by atoms with Gasteiger partial charge in [-0.2, -0.15) is 0 Å². The van der Waals surface area contributed by atoms with Gasteiger partial charge < -0.3 is 14.9 Å². The van der Waals surface area contributed by atoms with E-state index in [1.165, 1.54) is 4.90 Å². The Morgan fingerprint density at radius 1 is 1.30 bits per heavy atom. The molecule has 0 bridgehead atoms. The van der Waals surface area contributed by atoms with Gasteiger partial charge in [-0.25, -0.2) is 0 Å². The highest BCUT2D eigenvalue weighted by atomic mass is 16.4. The monoisotopic (exact) mass is 318 g/mol. The Balaban J connectivity index is 2.06. The van der Waals surface area contributed by atoms with E-state index in [2.05, 4.69) is 0 Å². The number of aryl methyl sites for hydroxylation is 1. The molecule has 0 aromatic heterocycles. The van der Waals surface area contributed by atoms with Crippen molar-refractivity contribution in [3.8, 4) is 0 Å². The predicted molar refractivity (Wildman–Crippen MR) is 86.1 cm³/mol. The van der Waals surface area contributed by atoms with Gasteiger partial charge in [-0.05, 0) is 32.4 Å². The zero-order valence-corrected chi connectivity index (χ0v) is 13.5. The quantitative estimate of drug-likeness (QED) is 0.809. The van der Waals surface area contributed by atoms with E-state index in [9.17, 15) is 14.4 Å². The van der Waals surface area contributed by atoms with Gasteiger partial charge in [-0.15, -0.1) is 0 Å².